The molecule has 144 valence electrons. The number of hydrogen-bond acceptors (Lipinski definition) is 4. The highest BCUT2D eigenvalue weighted by Gasteiger charge is 2.33. The Kier molecular flexibility index (Phi) is 5.17. The van der Waals surface area contributed by atoms with Gasteiger partial charge in [-0.2, -0.15) is 5.26 Å². The zero-order chi connectivity index (χ0) is 20.2. The maximum absolute atomic E-state index is 13.3. The van der Waals surface area contributed by atoms with Crippen molar-refractivity contribution in [3.05, 3.63) is 90.0 Å². The molecule has 5 heteroatoms. The lowest BCUT2D eigenvalue weighted by molar-refractivity contribution is 0.0975. The van der Waals surface area contributed by atoms with Crippen LogP contribution in [0.15, 0.2) is 78.9 Å². The van der Waals surface area contributed by atoms with Crippen molar-refractivity contribution in [3.63, 3.8) is 0 Å². The molecule has 1 atom stereocenters. The Morgan fingerprint density at radius 2 is 1.69 bits per heavy atom. The highest BCUT2D eigenvalue weighted by Crippen LogP contribution is 2.36. The summed E-state index contributed by atoms with van der Waals surface area (Å²) in [4.78, 5) is 17.2. The molecule has 5 nitrogen and oxygen atoms in total. The Balaban J connectivity index is 1.70. The predicted octanol–water partition coefficient (Wildman–Crippen LogP) is 4.81. The first-order valence-electron chi connectivity index (χ1n) is 9.61. The van der Waals surface area contributed by atoms with Gasteiger partial charge in [-0.3, -0.25) is 9.69 Å². The predicted molar refractivity (Wildman–Crippen MR) is 116 cm³/mol. The van der Waals surface area contributed by atoms with Crippen molar-refractivity contribution in [2.75, 3.05) is 28.7 Å². The van der Waals surface area contributed by atoms with Crippen LogP contribution in [0, 0.1) is 11.3 Å². The quantitative estimate of drug-likeness (QED) is 0.688. The minimum Gasteiger partial charge on any atom is -0.374 e. The molecule has 3 aromatic rings. The molecule has 1 aliphatic heterocycles. The van der Waals surface area contributed by atoms with Crippen molar-refractivity contribution >= 4 is 23.0 Å². The van der Waals surface area contributed by atoms with Gasteiger partial charge in [0.05, 0.1) is 18.1 Å². The Labute approximate surface area is 170 Å². The highest BCUT2D eigenvalue weighted by molar-refractivity contribution is 6.12. The molecule has 0 saturated heterocycles. The molecule has 29 heavy (non-hydrogen) atoms. The van der Waals surface area contributed by atoms with Gasteiger partial charge in [0.2, 0.25) is 0 Å². The fraction of sp³-hybridized carbons (Fsp3) is 0.167. The molecule has 3 aromatic carbocycles. The molecule has 0 aliphatic carbocycles. The summed E-state index contributed by atoms with van der Waals surface area (Å²) < 4.78 is 0. The topological polar surface area (TPSA) is 59.4 Å². The number of anilines is 3. The van der Waals surface area contributed by atoms with Crippen LogP contribution in [0.5, 0.6) is 0 Å². The normalized spacial score (nSPS) is 15.2. The Bertz CT molecular complexity index is 1040. The van der Waals surface area contributed by atoms with Crippen molar-refractivity contribution < 1.29 is 4.79 Å². The van der Waals surface area contributed by atoms with Crippen molar-refractivity contribution in [1.29, 1.82) is 5.26 Å². The summed E-state index contributed by atoms with van der Waals surface area (Å²) >= 11 is 0. The molecule has 0 unspecified atom stereocenters. The van der Waals surface area contributed by atoms with E-state index in [1.807, 2.05) is 85.9 Å². The lowest BCUT2D eigenvalue weighted by Crippen LogP contribution is -2.43. The number of rotatable bonds is 5. The second-order valence-corrected chi connectivity index (χ2v) is 7.02. The third kappa shape index (κ3) is 3.65. The largest absolute Gasteiger partial charge is 0.374 e. The first-order valence-corrected chi connectivity index (χ1v) is 9.61. The van der Waals surface area contributed by atoms with Crippen LogP contribution in [0.1, 0.15) is 28.5 Å². The highest BCUT2D eigenvalue weighted by atomic mass is 16.2. The van der Waals surface area contributed by atoms with Crippen molar-refractivity contribution in [1.82, 2.24) is 0 Å². The molecule has 0 spiro atoms. The number of para-hydroxylation sites is 2. The van der Waals surface area contributed by atoms with E-state index >= 15 is 0 Å². The van der Waals surface area contributed by atoms with Crippen LogP contribution in [0.4, 0.5) is 17.1 Å². The van der Waals surface area contributed by atoms with E-state index < -0.39 is 0 Å². The maximum Gasteiger partial charge on any atom is 0.262 e. The van der Waals surface area contributed by atoms with Crippen molar-refractivity contribution in [2.24, 2.45) is 0 Å². The summed E-state index contributed by atoms with van der Waals surface area (Å²) in [6.45, 7) is 0.680. The van der Waals surface area contributed by atoms with E-state index in [-0.39, 0.29) is 12.1 Å². The van der Waals surface area contributed by atoms with Gasteiger partial charge in [-0.05, 0) is 42.0 Å². The zero-order valence-corrected chi connectivity index (χ0v) is 16.2. The third-order valence-electron chi connectivity index (χ3n) is 5.17. The van der Waals surface area contributed by atoms with Crippen LogP contribution in [0.3, 0.4) is 0 Å². The number of nitrogens with zero attached hydrogens (tertiary/aromatic N) is 3. The number of carbonyl (C=O) groups excluding carboxylic acids is 1. The molecular weight excluding hydrogens is 360 g/mol. The Hall–Kier alpha value is -3.78. The summed E-state index contributed by atoms with van der Waals surface area (Å²) in [5, 5.41) is 12.3. The van der Waals surface area contributed by atoms with Gasteiger partial charge in [-0.1, -0.05) is 42.5 Å². The van der Waals surface area contributed by atoms with Crippen LogP contribution in [-0.4, -0.2) is 19.5 Å². The van der Waals surface area contributed by atoms with Gasteiger partial charge < -0.3 is 10.2 Å². The minimum atomic E-state index is -0.307. The van der Waals surface area contributed by atoms with Crippen LogP contribution in [-0.2, 0) is 0 Å². The van der Waals surface area contributed by atoms with E-state index in [9.17, 15) is 4.79 Å². The van der Waals surface area contributed by atoms with Gasteiger partial charge in [-0.25, -0.2) is 0 Å². The second-order valence-electron chi connectivity index (χ2n) is 7.02. The van der Waals surface area contributed by atoms with Crippen LogP contribution >= 0.6 is 0 Å². The number of fused-ring (bicyclic) bond motifs is 1. The molecule has 0 aromatic heterocycles. The van der Waals surface area contributed by atoms with E-state index in [0.717, 1.165) is 22.6 Å². The summed E-state index contributed by atoms with van der Waals surface area (Å²) in [5.41, 5.74) is 4.39. The van der Waals surface area contributed by atoms with Gasteiger partial charge in [-0.15, -0.1) is 0 Å². The second kappa shape index (κ2) is 8.07. The number of carbonyl (C=O) groups is 1. The van der Waals surface area contributed by atoms with Crippen molar-refractivity contribution in [3.8, 4) is 6.07 Å². The van der Waals surface area contributed by atoms with Gasteiger partial charge in [0.1, 0.15) is 6.17 Å². The number of benzene rings is 3. The molecule has 1 N–H and O–H groups in total. The molecule has 0 radical (unpaired) electrons. The van der Waals surface area contributed by atoms with Crippen LogP contribution < -0.4 is 15.1 Å². The fourth-order valence-electron chi connectivity index (χ4n) is 3.60. The third-order valence-corrected chi connectivity index (χ3v) is 5.17. The molecule has 0 bridgehead atoms. The van der Waals surface area contributed by atoms with Gasteiger partial charge in [0.25, 0.3) is 5.91 Å². The number of hydrogen-bond donors (Lipinski definition) is 1. The average molecular weight is 382 g/mol. The summed E-state index contributed by atoms with van der Waals surface area (Å²) in [7, 11) is 1.97. The van der Waals surface area contributed by atoms with E-state index in [0.29, 0.717) is 18.5 Å². The summed E-state index contributed by atoms with van der Waals surface area (Å²) in [5.74, 6) is -0.0224. The van der Waals surface area contributed by atoms with Gasteiger partial charge in [0.15, 0.2) is 0 Å². The SMILES string of the molecule is CN(CCC#N)c1ccc([C@H]2Nc3ccccc3C(=O)N2c2ccccc2)cc1. The van der Waals surface area contributed by atoms with Gasteiger partial charge >= 0.3 is 0 Å². The number of amides is 1. The standard InChI is InChI=1S/C24H22N4O/c1-27(17-7-16-25)19-14-12-18(13-15-19)23-26-22-11-6-5-10-21(22)24(29)28(23)20-8-3-2-4-9-20/h2-6,8-15,23,26H,7,17H2,1H3/t23-/m0/s1. The van der Waals surface area contributed by atoms with E-state index in [1.54, 1.807) is 4.90 Å². The first kappa shape index (κ1) is 18.6. The smallest absolute Gasteiger partial charge is 0.262 e. The maximum atomic E-state index is 13.3. The lowest BCUT2D eigenvalue weighted by Gasteiger charge is -2.38. The minimum absolute atomic E-state index is 0.0224. The molecule has 0 saturated carbocycles. The van der Waals surface area contributed by atoms with Crippen LogP contribution in [0.2, 0.25) is 0 Å². The number of nitriles is 1. The lowest BCUT2D eigenvalue weighted by atomic mass is 10.0. The monoisotopic (exact) mass is 382 g/mol. The first-order chi connectivity index (χ1) is 14.2. The van der Waals surface area contributed by atoms with E-state index in [4.69, 9.17) is 5.26 Å². The molecular formula is C24H22N4O. The fourth-order valence-corrected chi connectivity index (χ4v) is 3.60. The average Bonchev–Trinajstić information content (AvgIpc) is 2.78. The summed E-state index contributed by atoms with van der Waals surface area (Å²) in [6.07, 6.45) is 0.174. The number of nitrogens with one attached hydrogen (secondary N) is 1. The molecule has 1 heterocycles. The van der Waals surface area contributed by atoms with E-state index in [1.165, 1.54) is 0 Å². The van der Waals surface area contributed by atoms with E-state index in [2.05, 4.69) is 16.3 Å². The molecule has 1 amide bonds. The summed E-state index contributed by atoms with van der Waals surface area (Å²) in [6, 6.07) is 27.6. The van der Waals surface area contributed by atoms with Crippen molar-refractivity contribution in [2.45, 2.75) is 12.6 Å². The van der Waals surface area contributed by atoms with Crippen LogP contribution in [0.25, 0.3) is 0 Å². The van der Waals surface area contributed by atoms with Gasteiger partial charge in [0, 0.05) is 30.7 Å². The Morgan fingerprint density at radius 1 is 1.00 bits per heavy atom. The molecule has 4 rings (SSSR count). The molecule has 1 aliphatic rings. The Morgan fingerprint density at radius 3 is 2.41 bits per heavy atom. The molecule has 0 fully saturated rings. The zero-order valence-electron chi connectivity index (χ0n) is 16.2.